The lowest BCUT2D eigenvalue weighted by atomic mass is 9.79. The van der Waals surface area contributed by atoms with Gasteiger partial charge in [-0.05, 0) is 74.7 Å². The van der Waals surface area contributed by atoms with E-state index in [9.17, 15) is 5.11 Å². The zero-order valence-corrected chi connectivity index (χ0v) is 12.1. The largest absolute Gasteiger partial charge is 0.393 e. The molecule has 3 aliphatic rings. The normalized spacial score (nSPS) is 33.5. The lowest BCUT2D eigenvalue weighted by molar-refractivity contribution is -0.104. The van der Waals surface area contributed by atoms with E-state index in [4.69, 9.17) is 4.74 Å². The molecule has 0 amide bonds. The van der Waals surface area contributed by atoms with Crippen LogP contribution in [0.15, 0.2) is 0 Å². The van der Waals surface area contributed by atoms with Crippen LogP contribution in [0.3, 0.4) is 0 Å². The predicted octanol–water partition coefficient (Wildman–Crippen LogP) is 3.23. The van der Waals surface area contributed by atoms with Crippen LogP contribution in [0.25, 0.3) is 0 Å². The smallest absolute Gasteiger partial charge is 0.0700 e. The van der Waals surface area contributed by atoms with Crippen LogP contribution >= 0.6 is 11.8 Å². The van der Waals surface area contributed by atoms with Crippen LogP contribution in [0, 0.1) is 11.8 Å². The van der Waals surface area contributed by atoms with Crippen LogP contribution in [0.1, 0.15) is 51.4 Å². The maximum Gasteiger partial charge on any atom is 0.0700 e. The minimum absolute atomic E-state index is 0.00861. The van der Waals surface area contributed by atoms with Crippen LogP contribution < -0.4 is 0 Å². The van der Waals surface area contributed by atoms with Gasteiger partial charge in [0.2, 0.25) is 0 Å². The highest BCUT2D eigenvalue weighted by Gasteiger charge is 2.39. The van der Waals surface area contributed by atoms with Crippen LogP contribution in [0.5, 0.6) is 0 Å². The Balaban J connectivity index is 1.47. The summed E-state index contributed by atoms with van der Waals surface area (Å²) in [7, 11) is 0. The number of ether oxygens (including phenoxy) is 1. The van der Waals surface area contributed by atoms with E-state index < -0.39 is 0 Å². The number of rotatable bonds is 4. The molecule has 0 aromatic carbocycles. The molecule has 1 N–H and O–H groups in total. The molecule has 1 saturated carbocycles. The van der Waals surface area contributed by atoms with Crippen molar-refractivity contribution in [3.63, 3.8) is 0 Å². The minimum atomic E-state index is -0.00861. The fourth-order valence-electron chi connectivity index (χ4n) is 3.59. The summed E-state index contributed by atoms with van der Waals surface area (Å²) < 4.78 is 6.13. The van der Waals surface area contributed by atoms with Gasteiger partial charge in [0.1, 0.15) is 0 Å². The third-order valence-corrected chi connectivity index (χ3v) is 6.02. The third kappa shape index (κ3) is 3.23. The van der Waals surface area contributed by atoms with Gasteiger partial charge in [-0.15, -0.1) is 0 Å². The van der Waals surface area contributed by atoms with Gasteiger partial charge < -0.3 is 9.84 Å². The highest BCUT2D eigenvalue weighted by Crippen LogP contribution is 2.42. The predicted molar refractivity (Wildman–Crippen MR) is 75.9 cm³/mol. The number of aliphatic hydroxyl groups excluding tert-OH is 1. The SMILES string of the molecule is OC(CCC1CCOC2(CCSCC2)C1)C1CC1. The molecule has 2 aliphatic heterocycles. The van der Waals surface area contributed by atoms with Crippen LogP contribution in [0.4, 0.5) is 0 Å². The Labute approximate surface area is 115 Å². The van der Waals surface area contributed by atoms with E-state index in [1.807, 2.05) is 0 Å². The average Bonchev–Trinajstić information content (AvgIpc) is 3.21. The Kier molecular flexibility index (Phi) is 4.21. The number of hydrogen-bond acceptors (Lipinski definition) is 3. The van der Waals surface area contributed by atoms with Gasteiger partial charge in [-0.25, -0.2) is 0 Å². The fraction of sp³-hybridized carbons (Fsp3) is 1.00. The summed E-state index contributed by atoms with van der Waals surface area (Å²) in [6.07, 6.45) is 9.73. The first kappa shape index (κ1) is 13.3. The van der Waals surface area contributed by atoms with Crippen LogP contribution in [0.2, 0.25) is 0 Å². The topological polar surface area (TPSA) is 29.5 Å². The summed E-state index contributed by atoms with van der Waals surface area (Å²) >= 11 is 2.07. The van der Waals surface area contributed by atoms with Crippen molar-refractivity contribution in [2.24, 2.45) is 11.8 Å². The van der Waals surface area contributed by atoms with Crippen molar-refractivity contribution in [3.05, 3.63) is 0 Å². The van der Waals surface area contributed by atoms with Crippen molar-refractivity contribution in [1.82, 2.24) is 0 Å². The Morgan fingerprint density at radius 1 is 1.22 bits per heavy atom. The average molecular weight is 270 g/mol. The van der Waals surface area contributed by atoms with Crippen LogP contribution in [-0.2, 0) is 4.74 Å². The number of aliphatic hydroxyl groups is 1. The second-order valence-corrected chi connectivity index (χ2v) is 7.71. The molecule has 2 saturated heterocycles. The highest BCUT2D eigenvalue weighted by molar-refractivity contribution is 7.99. The Morgan fingerprint density at radius 3 is 2.72 bits per heavy atom. The summed E-state index contributed by atoms with van der Waals surface area (Å²) in [5.74, 6) is 4.00. The monoisotopic (exact) mass is 270 g/mol. The highest BCUT2D eigenvalue weighted by atomic mass is 32.2. The van der Waals surface area contributed by atoms with Gasteiger partial charge in [0.25, 0.3) is 0 Å². The molecular weight excluding hydrogens is 244 g/mol. The summed E-state index contributed by atoms with van der Waals surface area (Å²) in [6.45, 7) is 0.953. The van der Waals surface area contributed by atoms with E-state index in [2.05, 4.69) is 11.8 Å². The molecule has 18 heavy (non-hydrogen) atoms. The number of hydrogen-bond donors (Lipinski definition) is 1. The zero-order chi connectivity index (χ0) is 12.4. The molecule has 0 radical (unpaired) electrons. The molecule has 2 atom stereocenters. The van der Waals surface area contributed by atoms with Gasteiger partial charge in [0.05, 0.1) is 11.7 Å². The number of thioether (sulfide) groups is 1. The summed E-state index contributed by atoms with van der Waals surface area (Å²) in [5.41, 5.74) is 0.221. The van der Waals surface area contributed by atoms with Crippen molar-refractivity contribution in [2.45, 2.75) is 63.1 Å². The van der Waals surface area contributed by atoms with E-state index in [1.165, 1.54) is 56.5 Å². The lowest BCUT2D eigenvalue weighted by Gasteiger charge is -2.43. The van der Waals surface area contributed by atoms with Gasteiger partial charge in [-0.1, -0.05) is 0 Å². The molecule has 1 spiro atoms. The molecule has 0 aromatic heterocycles. The molecule has 0 bridgehead atoms. The molecular formula is C15H26O2S. The second kappa shape index (κ2) is 5.72. The molecule has 3 heteroatoms. The van der Waals surface area contributed by atoms with E-state index in [1.54, 1.807) is 0 Å². The first-order valence-corrected chi connectivity index (χ1v) is 8.83. The lowest BCUT2D eigenvalue weighted by Crippen LogP contribution is -2.42. The summed E-state index contributed by atoms with van der Waals surface area (Å²) in [4.78, 5) is 0. The molecule has 2 heterocycles. The van der Waals surface area contributed by atoms with Crippen molar-refractivity contribution in [2.75, 3.05) is 18.1 Å². The van der Waals surface area contributed by atoms with E-state index in [0.717, 1.165) is 18.9 Å². The Bertz CT molecular complexity index is 266. The third-order valence-electron chi connectivity index (χ3n) is 5.04. The molecule has 2 unspecified atom stereocenters. The van der Waals surface area contributed by atoms with E-state index >= 15 is 0 Å². The molecule has 3 rings (SSSR count). The fourth-order valence-corrected chi connectivity index (χ4v) is 4.83. The van der Waals surface area contributed by atoms with Crippen LogP contribution in [-0.4, -0.2) is 34.9 Å². The first-order valence-electron chi connectivity index (χ1n) is 7.67. The second-order valence-electron chi connectivity index (χ2n) is 6.48. The molecule has 104 valence electrons. The Morgan fingerprint density at radius 2 is 2.00 bits per heavy atom. The maximum absolute atomic E-state index is 9.99. The quantitative estimate of drug-likeness (QED) is 0.850. The summed E-state index contributed by atoms with van der Waals surface area (Å²) in [6, 6.07) is 0. The standard InChI is InChI=1S/C15H26O2S/c16-14(13-2-3-13)4-1-12-5-8-17-15(11-12)6-9-18-10-7-15/h12-14,16H,1-11H2. The Hall–Kier alpha value is 0.270. The van der Waals surface area contributed by atoms with Gasteiger partial charge in [0, 0.05) is 6.61 Å². The molecule has 0 aromatic rings. The first-order chi connectivity index (χ1) is 8.77. The molecule has 1 aliphatic carbocycles. The van der Waals surface area contributed by atoms with Gasteiger partial charge in [0.15, 0.2) is 0 Å². The van der Waals surface area contributed by atoms with Crippen molar-refractivity contribution < 1.29 is 9.84 Å². The van der Waals surface area contributed by atoms with E-state index in [0.29, 0.717) is 5.92 Å². The van der Waals surface area contributed by atoms with Gasteiger partial charge in [-0.3, -0.25) is 0 Å². The van der Waals surface area contributed by atoms with Gasteiger partial charge >= 0.3 is 0 Å². The van der Waals surface area contributed by atoms with Crippen molar-refractivity contribution in [1.29, 1.82) is 0 Å². The van der Waals surface area contributed by atoms with Gasteiger partial charge in [-0.2, -0.15) is 11.8 Å². The zero-order valence-electron chi connectivity index (χ0n) is 11.3. The summed E-state index contributed by atoms with van der Waals surface area (Å²) in [5, 5.41) is 9.99. The van der Waals surface area contributed by atoms with Crippen molar-refractivity contribution >= 4 is 11.8 Å². The minimum Gasteiger partial charge on any atom is -0.393 e. The maximum atomic E-state index is 9.99. The van der Waals surface area contributed by atoms with E-state index in [-0.39, 0.29) is 11.7 Å². The van der Waals surface area contributed by atoms with Crippen molar-refractivity contribution in [3.8, 4) is 0 Å². The molecule has 3 fully saturated rings. The molecule has 2 nitrogen and oxygen atoms in total.